The first-order chi connectivity index (χ1) is 51.7. The van der Waals surface area contributed by atoms with Crippen molar-refractivity contribution in [1.82, 2.24) is 14.1 Å². The maximum absolute atomic E-state index is 10.5. The zero-order valence-corrected chi connectivity index (χ0v) is 50.4. The van der Waals surface area contributed by atoms with Crippen LogP contribution in [0.15, 0.2) is 260 Å². The first kappa shape index (κ1) is 36.7. The quantitative estimate of drug-likeness (QED) is 0.112. The fourth-order valence-electron chi connectivity index (χ4n) is 11.9. The van der Waals surface area contributed by atoms with Crippen LogP contribution in [0.4, 0.5) is 0 Å². The minimum absolute atomic E-state index is 0.0804. The molecule has 11 aromatic carbocycles. The van der Waals surface area contributed by atoms with E-state index in [1.807, 2.05) is 106 Å². The van der Waals surface area contributed by atoms with Gasteiger partial charge in [0.25, 0.3) is 6.33 Å². The molecule has 0 bridgehead atoms. The van der Waals surface area contributed by atoms with Crippen molar-refractivity contribution in [1.29, 1.82) is 0 Å². The Labute approximate surface area is 552 Å². The highest BCUT2D eigenvalue weighted by Crippen LogP contribution is 2.49. The Morgan fingerprint density at radius 3 is 1.61 bits per heavy atom. The summed E-state index contributed by atoms with van der Waals surface area (Å²) < 4.78 is 212. The smallest absolute Gasteiger partial charge is 0.269 e. The maximum atomic E-state index is 10.5. The van der Waals surface area contributed by atoms with E-state index in [1.165, 1.54) is 12.1 Å². The van der Waals surface area contributed by atoms with Gasteiger partial charge in [0.05, 0.1) is 62.2 Å². The van der Waals surface area contributed by atoms with Crippen LogP contribution in [0.2, 0.25) is 0 Å². The largest absolute Gasteiger partial charge is 0.458 e. The van der Waals surface area contributed by atoms with Crippen LogP contribution in [0.1, 0.15) is 108 Å². The fraction of sp³-hybridized carbons (Fsp3) is 0.143. The Bertz CT molecular complexity index is 6240. The second-order valence-corrected chi connectivity index (χ2v) is 25.4. The van der Waals surface area contributed by atoms with E-state index >= 15 is 0 Å². The number of pyridine rings is 1. The molecule has 0 spiro atoms. The van der Waals surface area contributed by atoms with Crippen molar-refractivity contribution in [2.45, 2.75) is 78.6 Å². The summed E-state index contributed by atoms with van der Waals surface area (Å²) in [6.07, 6.45) is 5.45. The van der Waals surface area contributed by atoms with Crippen LogP contribution in [0, 0.1) is 6.33 Å². The van der Waals surface area contributed by atoms with Gasteiger partial charge in [-0.05, 0) is 184 Å². The van der Waals surface area contributed by atoms with Gasteiger partial charge in [-0.25, -0.2) is 4.98 Å². The lowest BCUT2D eigenvalue weighted by Gasteiger charge is -2.26. The highest BCUT2D eigenvalue weighted by molar-refractivity contribution is 6.10. The normalized spacial score (nSPS) is 15.6. The average Bonchev–Trinajstić information content (AvgIpc) is 1.40. The molecule has 0 radical (unpaired) electrons. The van der Waals surface area contributed by atoms with E-state index in [0.717, 1.165) is 32.9 Å². The van der Waals surface area contributed by atoms with Crippen molar-refractivity contribution in [3.63, 3.8) is 0 Å². The van der Waals surface area contributed by atoms with Crippen molar-refractivity contribution in [2.24, 2.45) is 0 Å². The van der Waals surface area contributed by atoms with E-state index in [4.69, 9.17) is 17.9 Å². The first-order valence-electron chi connectivity index (χ1n) is 39.9. The zero-order valence-electron chi connectivity index (χ0n) is 71.4. The Balaban J connectivity index is 1.13. The van der Waals surface area contributed by atoms with Gasteiger partial charge in [-0.1, -0.05) is 238 Å². The van der Waals surface area contributed by atoms with Gasteiger partial charge in [-0.15, -0.1) is 0 Å². The zero-order chi connectivity index (χ0) is 79.2. The van der Waals surface area contributed by atoms with E-state index < -0.39 is 160 Å². The Hall–Kier alpha value is -10.4. The van der Waals surface area contributed by atoms with Crippen molar-refractivity contribution >= 4 is 32.8 Å². The number of para-hydroxylation sites is 1. The lowest BCUT2D eigenvalue weighted by molar-refractivity contribution is -0.570. The number of hydrogen-bond acceptors (Lipinski definition) is 2. The van der Waals surface area contributed by atoms with Crippen molar-refractivity contribution in [3.05, 3.63) is 283 Å². The third-order valence-electron chi connectivity index (χ3n) is 16.5. The van der Waals surface area contributed by atoms with Crippen LogP contribution in [0.3, 0.4) is 0 Å². The number of fused-ring (bicyclic) bond motifs is 10. The van der Waals surface area contributed by atoms with E-state index in [2.05, 4.69) is 58.5 Å². The van der Waals surface area contributed by atoms with Crippen LogP contribution in [-0.4, -0.2) is 14.1 Å². The SMILES string of the molecule is [2H]c1c([2H])c([2H])c(-c2c([2H])c(-c3cc4c5c(c3)n(-c3cccc(Oc6ccc7c8ccccc8n(-c8cc(C(C)(C)C)ccn8)c7c6)c3)[c-][n+]5-c3c(-c5ccc(C(C)(C)C)cc5)cc(C(C)(C)C)cc3-c3c([2H])c([2H])c([2H])c([2H])c3-c3c([2H])c([2H])c([2H])c([2H])c3-4)c([2H])c(-c3c([2H])c([2H])c([2H])c([2H])c3[2H])c2[2H])c([2H])c1[2H]. The van der Waals surface area contributed by atoms with Crippen LogP contribution in [0.25, 0.3) is 128 Å². The summed E-state index contributed by atoms with van der Waals surface area (Å²) in [5.41, 5.74) is 0.398. The van der Waals surface area contributed by atoms with Gasteiger partial charge < -0.3 is 4.74 Å². The number of rotatable bonds is 8. The van der Waals surface area contributed by atoms with Gasteiger partial charge in [0.1, 0.15) is 17.3 Å². The summed E-state index contributed by atoms with van der Waals surface area (Å²) in [7, 11) is 0. The Kier molecular flexibility index (Phi) is 8.75. The molecule has 0 aliphatic carbocycles. The number of ether oxygens (including phenoxy) is 1. The second-order valence-electron chi connectivity index (χ2n) is 25.4. The summed E-state index contributed by atoms with van der Waals surface area (Å²) in [4.78, 5) is 4.89. The summed E-state index contributed by atoms with van der Waals surface area (Å²) in [5.74, 6) is 1.39. The highest BCUT2D eigenvalue weighted by Gasteiger charge is 2.30. The molecule has 3 aromatic heterocycles. The predicted molar refractivity (Wildman–Crippen MR) is 370 cm³/mol. The molecule has 1 aliphatic rings. The van der Waals surface area contributed by atoms with Crippen molar-refractivity contribution in [3.8, 4) is 107 Å². The molecular weight excluding hydrogens is 1080 g/mol. The minimum atomic E-state index is -0.911. The number of nitrogens with zero attached hydrogens (tertiary/aromatic N) is 4. The number of benzene rings is 11. The third kappa shape index (κ3) is 9.92. The van der Waals surface area contributed by atoms with E-state index in [-0.39, 0.29) is 72.2 Å². The van der Waals surface area contributed by atoms with Crippen LogP contribution >= 0.6 is 0 Å². The summed E-state index contributed by atoms with van der Waals surface area (Å²) in [5, 5.41) is 1.90. The highest BCUT2D eigenvalue weighted by atomic mass is 16.5. The molecular formula is C84H70N4O. The van der Waals surface area contributed by atoms with Gasteiger partial charge in [-0.2, -0.15) is 0 Å². The average molecular weight is 1170 g/mol. The third-order valence-corrected chi connectivity index (χ3v) is 16.5. The molecule has 4 heterocycles. The van der Waals surface area contributed by atoms with Crippen molar-refractivity contribution in [2.75, 3.05) is 0 Å². The molecule has 89 heavy (non-hydrogen) atoms. The molecule has 1 aliphatic heterocycles. The topological polar surface area (TPSA) is 35.9 Å². The second kappa shape index (κ2) is 21.2. The molecule has 0 N–H and O–H groups in total. The minimum Gasteiger partial charge on any atom is -0.458 e. The predicted octanol–water partition coefficient (Wildman–Crippen LogP) is 21.9. The van der Waals surface area contributed by atoms with E-state index in [1.54, 1.807) is 39.6 Å². The Morgan fingerprint density at radius 2 is 0.966 bits per heavy atom. The molecule has 14 aromatic rings. The lowest BCUT2D eigenvalue weighted by atomic mass is 9.80. The molecule has 15 rings (SSSR count). The summed E-state index contributed by atoms with van der Waals surface area (Å²) in [6, 6.07) is 22.6. The summed E-state index contributed by atoms with van der Waals surface area (Å²) >= 11 is 0. The molecule has 432 valence electrons. The maximum Gasteiger partial charge on any atom is 0.269 e. The van der Waals surface area contributed by atoms with E-state index in [9.17, 15) is 20.6 Å². The molecule has 0 atom stereocenters. The van der Waals surface area contributed by atoms with Crippen LogP contribution in [0.5, 0.6) is 11.5 Å². The van der Waals surface area contributed by atoms with Crippen molar-refractivity contribution < 1.29 is 38.1 Å². The monoisotopic (exact) mass is 1170 g/mol. The molecule has 5 nitrogen and oxygen atoms in total. The molecule has 0 fully saturated rings. The van der Waals surface area contributed by atoms with Gasteiger partial charge in [0, 0.05) is 23.0 Å². The van der Waals surface area contributed by atoms with Gasteiger partial charge >= 0.3 is 0 Å². The molecule has 0 saturated carbocycles. The standard InChI is InChI=1S/C84H70N4O/c1-82(2,3)61-37-35-56(36-38-61)73-48-63(84(7,8)9)49-75-70-32-19-17-30-68(70)67-29-16-18-31-69(67)74-46-60(59-44-57(54-23-12-10-13-24-54)43-58(45-59)55-25-14-11-15-26-55)47-78-81(74)87(80(73)75)53-86(78)64-27-22-28-65(51-64)89-66-39-40-72-71-33-20-21-34-76(71)88(77(72)52-66)79-50-62(41-42-85-79)83(4,5)6/h10-52H,1-9H3/i10D,11D,12D,13D,14D,15D,16D,17D,18D,19D,23D,24D,25D,26D,29D,30D,31D,32D,43D,44D,45D. The number of aromatic nitrogens is 4. The molecule has 0 saturated heterocycles. The molecule has 0 amide bonds. The van der Waals surface area contributed by atoms with Gasteiger partial charge in [0.15, 0.2) is 0 Å². The fourth-order valence-corrected chi connectivity index (χ4v) is 11.9. The first-order valence-corrected chi connectivity index (χ1v) is 29.4. The van der Waals surface area contributed by atoms with Gasteiger partial charge in [0.2, 0.25) is 0 Å². The molecule has 5 heteroatoms. The van der Waals surface area contributed by atoms with E-state index in [0.29, 0.717) is 33.9 Å². The van der Waals surface area contributed by atoms with Gasteiger partial charge in [-0.3, -0.25) is 13.7 Å². The van der Waals surface area contributed by atoms with Crippen LogP contribution in [-0.2, 0) is 16.2 Å². The number of hydrogen-bond donors (Lipinski definition) is 0. The number of imidazole rings is 1. The lowest BCUT2D eigenvalue weighted by Crippen LogP contribution is -2.32. The molecule has 0 unspecified atom stereocenters. The Morgan fingerprint density at radius 1 is 0.404 bits per heavy atom. The summed E-state index contributed by atoms with van der Waals surface area (Å²) in [6.45, 7) is 18.6. The van der Waals surface area contributed by atoms with Crippen LogP contribution < -0.4 is 9.30 Å².